The fourth-order valence-corrected chi connectivity index (χ4v) is 7.61. The number of hydrogen-bond donors (Lipinski definition) is 2. The molecule has 0 saturated carbocycles. The van der Waals surface area contributed by atoms with E-state index in [1.807, 2.05) is 53.7 Å². The van der Waals surface area contributed by atoms with Crippen LogP contribution in [0.5, 0.6) is 0 Å². The Morgan fingerprint density at radius 2 is 1.76 bits per heavy atom. The number of aromatic amines is 1. The highest BCUT2D eigenvalue weighted by atomic mass is 35.5. The van der Waals surface area contributed by atoms with E-state index in [4.69, 9.17) is 11.6 Å². The van der Waals surface area contributed by atoms with Crippen molar-refractivity contribution in [1.29, 1.82) is 0 Å². The van der Waals surface area contributed by atoms with Crippen molar-refractivity contribution in [2.75, 3.05) is 23.3 Å². The van der Waals surface area contributed by atoms with Crippen molar-refractivity contribution in [3.05, 3.63) is 81.5 Å². The van der Waals surface area contributed by atoms with Gasteiger partial charge in [0.15, 0.2) is 5.82 Å². The Balaban J connectivity index is 1.65. The van der Waals surface area contributed by atoms with Gasteiger partial charge in [-0.1, -0.05) is 51.9 Å². The molecule has 1 fully saturated rings. The van der Waals surface area contributed by atoms with Gasteiger partial charge in [-0.15, -0.1) is 0 Å². The number of benzene rings is 2. The minimum Gasteiger partial charge on any atom is -0.354 e. The topological polar surface area (TPSA) is 129 Å². The molecule has 49 heavy (non-hydrogen) atoms. The van der Waals surface area contributed by atoms with E-state index in [2.05, 4.69) is 32.1 Å². The van der Waals surface area contributed by atoms with Gasteiger partial charge in [-0.2, -0.15) is 5.10 Å². The van der Waals surface area contributed by atoms with Gasteiger partial charge < -0.3 is 15.1 Å². The largest absolute Gasteiger partial charge is 0.354 e. The van der Waals surface area contributed by atoms with Crippen molar-refractivity contribution in [3.8, 4) is 16.8 Å². The number of aryl methyl sites for hydroxylation is 1. The minimum absolute atomic E-state index is 0.00551. The summed E-state index contributed by atoms with van der Waals surface area (Å²) < 4.78 is 19.2. The van der Waals surface area contributed by atoms with Gasteiger partial charge in [0.2, 0.25) is 11.8 Å². The molecule has 7 rings (SSSR count). The fourth-order valence-electron chi connectivity index (χ4n) is 7.33. The van der Waals surface area contributed by atoms with Gasteiger partial charge in [0.25, 0.3) is 5.56 Å². The first-order valence-corrected chi connectivity index (χ1v) is 16.6. The molecule has 2 atom stereocenters. The van der Waals surface area contributed by atoms with Crippen LogP contribution in [-0.2, 0) is 9.59 Å². The van der Waals surface area contributed by atoms with Crippen molar-refractivity contribution < 1.29 is 14.0 Å². The molecule has 2 amide bonds. The molecule has 2 aliphatic heterocycles. The number of carbonyl (C=O) groups excluding carboxylic acids is 2. The molecule has 252 valence electrons. The maximum absolute atomic E-state index is 17.9. The van der Waals surface area contributed by atoms with E-state index < -0.39 is 23.3 Å². The Hall–Kier alpha value is -5.10. The highest BCUT2D eigenvalue weighted by Crippen LogP contribution is 2.46. The lowest BCUT2D eigenvalue weighted by Gasteiger charge is -2.48. The van der Waals surface area contributed by atoms with Crippen LogP contribution in [0.4, 0.5) is 15.8 Å². The Kier molecular flexibility index (Phi) is 7.81. The maximum Gasteiger partial charge on any atom is 0.281 e. The molecule has 1 saturated heterocycles. The lowest BCUT2D eigenvalue weighted by molar-refractivity contribution is -0.130. The highest BCUT2D eigenvalue weighted by Gasteiger charge is 2.44. The van der Waals surface area contributed by atoms with Gasteiger partial charge in [0, 0.05) is 34.5 Å². The molecule has 0 aliphatic carbocycles. The Morgan fingerprint density at radius 1 is 1.06 bits per heavy atom. The summed E-state index contributed by atoms with van der Waals surface area (Å²) in [5.41, 5.74) is 3.28. The highest BCUT2D eigenvalue weighted by molar-refractivity contribution is 6.35. The standard InChI is InChI=1S/C36H36ClFN8O3/c1-8-25(47)44-14-24-35(48)42-31-33(45(24)13-19(44)7)20-11-22(37)27(26-18(6)9-10-23-21(26)12-41-43-23)28(38)32(20)46(36(31)49)34-29(16(2)3)39-15-40-30(34)17(4)5/h8-12,15-17,19,24H,1,13-14H2,2-7H3,(H,41,43)(H,42,48). The van der Waals surface area contributed by atoms with Crippen molar-refractivity contribution in [2.24, 2.45) is 0 Å². The van der Waals surface area contributed by atoms with Gasteiger partial charge in [-0.3, -0.25) is 24.0 Å². The van der Waals surface area contributed by atoms with Gasteiger partial charge in [0.1, 0.15) is 18.1 Å². The third-order valence-electron chi connectivity index (χ3n) is 9.64. The number of pyridine rings is 1. The van der Waals surface area contributed by atoms with Crippen molar-refractivity contribution in [2.45, 2.75) is 65.5 Å². The van der Waals surface area contributed by atoms with E-state index in [-0.39, 0.29) is 58.7 Å². The molecular weight excluding hydrogens is 647 g/mol. The molecule has 2 N–H and O–H groups in total. The molecule has 11 nitrogen and oxygen atoms in total. The van der Waals surface area contributed by atoms with Crippen LogP contribution < -0.4 is 15.8 Å². The molecular formula is C36H36ClFN8O3. The molecule has 2 aromatic carbocycles. The van der Waals surface area contributed by atoms with Gasteiger partial charge >= 0.3 is 0 Å². The first-order valence-electron chi connectivity index (χ1n) is 16.2. The van der Waals surface area contributed by atoms with E-state index in [1.54, 1.807) is 22.1 Å². The normalized spacial score (nSPS) is 17.6. The number of nitrogens with zero attached hydrogens (tertiary/aromatic N) is 6. The summed E-state index contributed by atoms with van der Waals surface area (Å²) in [6.45, 7) is 15.4. The van der Waals surface area contributed by atoms with Crippen molar-refractivity contribution >= 4 is 56.6 Å². The predicted octanol–water partition coefficient (Wildman–Crippen LogP) is 6.22. The summed E-state index contributed by atoms with van der Waals surface area (Å²) in [6, 6.07) is 4.21. The van der Waals surface area contributed by atoms with Crippen LogP contribution in [0.2, 0.25) is 5.02 Å². The second-order valence-corrected chi connectivity index (χ2v) is 13.8. The second-order valence-electron chi connectivity index (χ2n) is 13.4. The first kappa shape index (κ1) is 32.4. The smallest absolute Gasteiger partial charge is 0.281 e. The van der Waals surface area contributed by atoms with E-state index in [0.29, 0.717) is 44.6 Å². The molecule has 0 radical (unpaired) electrons. The Labute approximate surface area is 286 Å². The summed E-state index contributed by atoms with van der Waals surface area (Å²) in [4.78, 5) is 54.0. The van der Waals surface area contributed by atoms with Gasteiger partial charge in [-0.05, 0) is 49.5 Å². The van der Waals surface area contributed by atoms with Crippen LogP contribution in [0.25, 0.3) is 38.6 Å². The number of rotatable bonds is 5. The van der Waals surface area contributed by atoms with Crippen LogP contribution >= 0.6 is 11.6 Å². The van der Waals surface area contributed by atoms with Crippen LogP contribution in [0, 0.1) is 12.7 Å². The molecule has 5 aromatic rings. The fraction of sp³-hybridized carbons (Fsp3) is 0.333. The summed E-state index contributed by atoms with van der Waals surface area (Å²) in [5.74, 6) is -1.80. The van der Waals surface area contributed by atoms with Crippen molar-refractivity contribution in [3.63, 3.8) is 0 Å². The number of aromatic nitrogens is 5. The third kappa shape index (κ3) is 4.83. The Morgan fingerprint density at radius 3 is 2.41 bits per heavy atom. The monoisotopic (exact) mass is 682 g/mol. The number of H-pyrrole nitrogens is 1. The van der Waals surface area contributed by atoms with E-state index in [9.17, 15) is 14.4 Å². The number of piperazine rings is 1. The van der Waals surface area contributed by atoms with Crippen LogP contribution in [-0.4, -0.2) is 66.6 Å². The number of amides is 2. The lowest BCUT2D eigenvalue weighted by atomic mass is 9.93. The molecule has 2 aliphatic rings. The summed E-state index contributed by atoms with van der Waals surface area (Å²) in [5, 5.41) is 11.1. The van der Waals surface area contributed by atoms with Gasteiger partial charge in [0.05, 0.1) is 51.6 Å². The summed E-state index contributed by atoms with van der Waals surface area (Å²) >= 11 is 7.09. The summed E-state index contributed by atoms with van der Waals surface area (Å²) in [7, 11) is 0. The van der Waals surface area contributed by atoms with Crippen LogP contribution in [0.3, 0.4) is 0 Å². The minimum atomic E-state index is -0.841. The zero-order chi connectivity index (χ0) is 35.0. The maximum atomic E-state index is 17.9. The number of fused-ring (bicyclic) bond motifs is 6. The molecule has 0 bridgehead atoms. The summed E-state index contributed by atoms with van der Waals surface area (Å²) in [6.07, 6.45) is 4.30. The number of halogens is 2. The Bertz CT molecular complexity index is 2270. The molecule has 3 aromatic heterocycles. The molecule has 13 heteroatoms. The van der Waals surface area contributed by atoms with Crippen molar-refractivity contribution in [1.82, 2.24) is 29.6 Å². The average molecular weight is 683 g/mol. The van der Waals surface area contributed by atoms with E-state index >= 15 is 4.39 Å². The lowest BCUT2D eigenvalue weighted by Crippen LogP contribution is -2.64. The molecule has 5 heterocycles. The molecule has 2 unspecified atom stereocenters. The average Bonchev–Trinajstić information content (AvgIpc) is 3.54. The van der Waals surface area contributed by atoms with Crippen LogP contribution in [0.1, 0.15) is 63.4 Å². The number of nitrogens with one attached hydrogen (secondary N) is 2. The second kappa shape index (κ2) is 11.8. The van der Waals surface area contributed by atoms with E-state index in [1.165, 1.54) is 17.0 Å². The molecule has 0 spiro atoms. The van der Waals surface area contributed by atoms with Gasteiger partial charge in [-0.25, -0.2) is 14.4 Å². The quantitative estimate of drug-likeness (QED) is 0.211. The van der Waals surface area contributed by atoms with E-state index in [0.717, 1.165) is 5.56 Å². The zero-order valence-corrected chi connectivity index (χ0v) is 28.8. The predicted molar refractivity (Wildman–Crippen MR) is 189 cm³/mol. The first-order chi connectivity index (χ1) is 23.3. The number of hydrogen-bond acceptors (Lipinski definition) is 7. The number of carbonyl (C=O) groups is 2. The SMILES string of the molecule is C=CC(=O)N1CC2C(=O)Nc3c(c4cc(Cl)c(-c5c(C)ccc6[nH]ncc56)c(F)c4n(-c4c(C(C)C)ncnc4C(C)C)c3=O)N2CC1C. The number of anilines is 2. The zero-order valence-electron chi connectivity index (χ0n) is 28.1. The third-order valence-corrected chi connectivity index (χ3v) is 9.94. The van der Waals surface area contributed by atoms with Crippen LogP contribution in [0.15, 0.2) is 48.2 Å².